The first kappa shape index (κ1) is 11.3. The van der Waals surface area contributed by atoms with E-state index in [0.717, 1.165) is 17.0 Å². The summed E-state index contributed by atoms with van der Waals surface area (Å²) >= 11 is 0. The fourth-order valence-corrected chi connectivity index (χ4v) is 1.87. The summed E-state index contributed by atoms with van der Waals surface area (Å²) in [4.78, 5) is 0. The van der Waals surface area contributed by atoms with Crippen molar-refractivity contribution in [3.05, 3.63) is 47.0 Å². The molecule has 1 aromatic carbocycles. The second kappa shape index (κ2) is 4.38. The summed E-state index contributed by atoms with van der Waals surface area (Å²) in [5.74, 6) is -0.295. The monoisotopic (exact) mass is 229 g/mol. The average molecular weight is 229 g/mol. The summed E-state index contributed by atoms with van der Waals surface area (Å²) in [6, 6.07) is 8.37. The smallest absolute Gasteiger partial charge is 0.125 e. The molecule has 0 aliphatic rings. The van der Waals surface area contributed by atoms with Crippen LogP contribution in [0.2, 0.25) is 0 Å². The van der Waals surface area contributed by atoms with Crippen LogP contribution in [0.15, 0.2) is 24.3 Å². The lowest BCUT2D eigenvalue weighted by Crippen LogP contribution is -1.99. The summed E-state index contributed by atoms with van der Waals surface area (Å²) in [7, 11) is 0. The quantitative estimate of drug-likeness (QED) is 0.794. The van der Waals surface area contributed by atoms with Crippen LogP contribution in [0.5, 0.6) is 0 Å². The van der Waals surface area contributed by atoms with Crippen LogP contribution < -0.4 is 0 Å². The average Bonchev–Trinajstić information content (AvgIpc) is 2.57. The molecule has 0 spiro atoms. The fraction of sp³-hybridized carbons (Fsp3) is 0.231. The maximum atomic E-state index is 13.1. The summed E-state index contributed by atoms with van der Waals surface area (Å²) in [6.45, 7) is 3.74. The molecule has 0 N–H and O–H groups in total. The van der Waals surface area contributed by atoms with Crippen LogP contribution in [0.4, 0.5) is 4.39 Å². The molecular weight excluding hydrogens is 217 g/mol. The first-order valence-corrected chi connectivity index (χ1v) is 5.31. The Balaban J connectivity index is 2.54. The van der Waals surface area contributed by atoms with Gasteiger partial charge in [-0.15, -0.1) is 0 Å². The van der Waals surface area contributed by atoms with Gasteiger partial charge in [-0.3, -0.25) is 0 Å². The van der Waals surface area contributed by atoms with Crippen molar-refractivity contribution < 1.29 is 4.39 Å². The van der Waals surface area contributed by atoms with Gasteiger partial charge in [-0.2, -0.15) is 10.4 Å². The predicted molar refractivity (Wildman–Crippen MR) is 62.3 cm³/mol. The zero-order valence-corrected chi connectivity index (χ0v) is 9.74. The first-order chi connectivity index (χ1) is 8.13. The summed E-state index contributed by atoms with van der Waals surface area (Å²) < 4.78 is 14.8. The zero-order chi connectivity index (χ0) is 12.4. The Morgan fingerprint density at radius 2 is 2.18 bits per heavy atom. The van der Waals surface area contributed by atoms with Crippen molar-refractivity contribution in [1.29, 1.82) is 5.26 Å². The van der Waals surface area contributed by atoms with E-state index in [0.29, 0.717) is 12.1 Å². The molecule has 17 heavy (non-hydrogen) atoms. The highest BCUT2D eigenvalue weighted by Crippen LogP contribution is 2.18. The van der Waals surface area contributed by atoms with Crippen LogP contribution in [0.3, 0.4) is 0 Å². The van der Waals surface area contributed by atoms with E-state index in [1.54, 1.807) is 16.8 Å². The normalized spacial score (nSPS) is 10.2. The lowest BCUT2D eigenvalue weighted by Gasteiger charge is -2.04. The molecule has 0 aliphatic carbocycles. The number of halogens is 1. The van der Waals surface area contributed by atoms with Gasteiger partial charge in [0.25, 0.3) is 0 Å². The number of rotatable bonds is 2. The van der Waals surface area contributed by atoms with Gasteiger partial charge in [0.1, 0.15) is 5.82 Å². The van der Waals surface area contributed by atoms with Gasteiger partial charge in [-0.25, -0.2) is 9.07 Å². The highest BCUT2D eigenvalue weighted by atomic mass is 19.1. The van der Waals surface area contributed by atoms with E-state index in [1.807, 2.05) is 13.8 Å². The van der Waals surface area contributed by atoms with Gasteiger partial charge in [0.2, 0.25) is 0 Å². The van der Waals surface area contributed by atoms with Crippen LogP contribution >= 0.6 is 0 Å². The molecule has 0 saturated heterocycles. The van der Waals surface area contributed by atoms with E-state index in [4.69, 9.17) is 5.26 Å². The molecular formula is C13H12FN3. The molecule has 1 aromatic heterocycles. The largest absolute Gasteiger partial charge is 0.237 e. The van der Waals surface area contributed by atoms with Crippen molar-refractivity contribution in [1.82, 2.24) is 9.78 Å². The fourth-order valence-electron chi connectivity index (χ4n) is 1.87. The van der Waals surface area contributed by atoms with Gasteiger partial charge in [-0.05, 0) is 32.0 Å². The number of aromatic nitrogens is 2. The van der Waals surface area contributed by atoms with Crippen molar-refractivity contribution >= 4 is 0 Å². The Morgan fingerprint density at radius 3 is 2.82 bits per heavy atom. The topological polar surface area (TPSA) is 41.6 Å². The molecule has 0 fully saturated rings. The predicted octanol–water partition coefficient (Wildman–Crippen LogP) is 2.69. The SMILES string of the molecule is Cc1nn(-c2cccc(F)c2)c(C)c1CC#N. The van der Waals surface area contributed by atoms with Crippen LogP contribution in [0.1, 0.15) is 17.0 Å². The number of hydrogen-bond donors (Lipinski definition) is 0. The zero-order valence-electron chi connectivity index (χ0n) is 9.74. The molecule has 86 valence electrons. The number of hydrogen-bond acceptors (Lipinski definition) is 2. The molecule has 1 heterocycles. The summed E-state index contributed by atoms with van der Waals surface area (Å²) in [5.41, 5.74) is 3.29. The van der Waals surface area contributed by atoms with Gasteiger partial charge in [0, 0.05) is 11.3 Å². The van der Waals surface area contributed by atoms with Gasteiger partial charge >= 0.3 is 0 Å². The Kier molecular flexibility index (Phi) is 2.92. The number of aryl methyl sites for hydroxylation is 1. The maximum Gasteiger partial charge on any atom is 0.125 e. The van der Waals surface area contributed by atoms with E-state index in [-0.39, 0.29) is 5.82 Å². The Bertz CT molecular complexity index is 593. The molecule has 0 aliphatic heterocycles. The molecule has 0 radical (unpaired) electrons. The number of nitriles is 1. The van der Waals surface area contributed by atoms with Gasteiger partial charge in [0.15, 0.2) is 0 Å². The van der Waals surface area contributed by atoms with Crippen LogP contribution in [-0.2, 0) is 6.42 Å². The van der Waals surface area contributed by atoms with E-state index >= 15 is 0 Å². The molecule has 0 bridgehead atoms. The van der Waals surface area contributed by atoms with Crippen molar-refractivity contribution in [2.45, 2.75) is 20.3 Å². The van der Waals surface area contributed by atoms with Crippen LogP contribution in [-0.4, -0.2) is 9.78 Å². The van der Waals surface area contributed by atoms with E-state index < -0.39 is 0 Å². The van der Waals surface area contributed by atoms with Crippen molar-refractivity contribution in [2.75, 3.05) is 0 Å². The third-order valence-corrected chi connectivity index (χ3v) is 2.75. The Labute approximate surface area is 99.1 Å². The van der Waals surface area contributed by atoms with Gasteiger partial charge in [0.05, 0.1) is 23.9 Å². The first-order valence-electron chi connectivity index (χ1n) is 5.31. The van der Waals surface area contributed by atoms with E-state index in [1.165, 1.54) is 12.1 Å². The summed E-state index contributed by atoms with van der Waals surface area (Å²) in [6.07, 6.45) is 0.326. The highest BCUT2D eigenvalue weighted by Gasteiger charge is 2.12. The third-order valence-electron chi connectivity index (χ3n) is 2.75. The Morgan fingerprint density at radius 1 is 1.41 bits per heavy atom. The third kappa shape index (κ3) is 2.04. The molecule has 0 saturated carbocycles. The number of nitrogens with zero attached hydrogens (tertiary/aromatic N) is 3. The molecule has 2 rings (SSSR count). The van der Waals surface area contributed by atoms with Crippen molar-refractivity contribution in [3.63, 3.8) is 0 Å². The lowest BCUT2D eigenvalue weighted by atomic mass is 10.1. The Hall–Kier alpha value is -2.15. The molecule has 0 amide bonds. The van der Waals surface area contributed by atoms with E-state index in [9.17, 15) is 4.39 Å². The van der Waals surface area contributed by atoms with Crippen molar-refractivity contribution in [3.8, 4) is 11.8 Å². The summed E-state index contributed by atoms with van der Waals surface area (Å²) in [5, 5.41) is 13.1. The molecule has 4 heteroatoms. The molecule has 0 atom stereocenters. The second-order valence-corrected chi connectivity index (χ2v) is 3.88. The van der Waals surface area contributed by atoms with Crippen molar-refractivity contribution in [2.24, 2.45) is 0 Å². The molecule has 2 aromatic rings. The molecule has 0 unspecified atom stereocenters. The number of benzene rings is 1. The minimum atomic E-state index is -0.295. The van der Waals surface area contributed by atoms with Gasteiger partial charge in [-0.1, -0.05) is 6.07 Å². The van der Waals surface area contributed by atoms with Crippen LogP contribution in [0.25, 0.3) is 5.69 Å². The van der Waals surface area contributed by atoms with Gasteiger partial charge < -0.3 is 0 Å². The lowest BCUT2D eigenvalue weighted by molar-refractivity contribution is 0.625. The van der Waals surface area contributed by atoms with Crippen LogP contribution in [0, 0.1) is 31.0 Å². The van der Waals surface area contributed by atoms with E-state index in [2.05, 4.69) is 11.2 Å². The maximum absolute atomic E-state index is 13.1. The minimum absolute atomic E-state index is 0.295. The molecule has 3 nitrogen and oxygen atoms in total. The second-order valence-electron chi connectivity index (χ2n) is 3.88. The minimum Gasteiger partial charge on any atom is -0.237 e. The standard InChI is InChI=1S/C13H12FN3/c1-9-13(6-7-15)10(2)17(16-9)12-5-3-4-11(14)8-12/h3-5,8H,6H2,1-2H3. The highest BCUT2D eigenvalue weighted by molar-refractivity contribution is 5.38.